The van der Waals surface area contributed by atoms with Gasteiger partial charge in [-0.1, -0.05) is 19.1 Å². The van der Waals surface area contributed by atoms with Crippen LogP contribution in [-0.4, -0.2) is 34.8 Å². The zero-order valence-electron chi connectivity index (χ0n) is 18.4. The Morgan fingerprint density at radius 1 is 1.16 bits per heavy atom. The molecule has 2 amide bonds. The van der Waals surface area contributed by atoms with Crippen LogP contribution in [0.25, 0.3) is 5.57 Å². The minimum atomic E-state index is -0.642. The van der Waals surface area contributed by atoms with Crippen LogP contribution < -0.4 is 5.73 Å². The number of piperidine rings is 1. The molecule has 5 nitrogen and oxygen atoms in total. The number of aromatic amines is 1. The standard InChI is InChI=1S/C26H30FN3O2/c1-2-22(31)30-12-11-16-15(14-30)7-6-9-17(16)23-20(27)13-19(26(28)32)25-24(23)18-8-4-3-5-10-21(18)29-25/h2,7,19,29H,1,3-6,8-14H2,(H2,28,32)/t19-/m0/s1. The third-order valence-corrected chi connectivity index (χ3v) is 7.49. The van der Waals surface area contributed by atoms with E-state index in [4.69, 9.17) is 5.73 Å². The monoisotopic (exact) mass is 435 g/mol. The van der Waals surface area contributed by atoms with Crippen molar-refractivity contribution < 1.29 is 14.0 Å². The molecule has 168 valence electrons. The molecule has 6 heteroatoms. The summed E-state index contributed by atoms with van der Waals surface area (Å²) in [7, 11) is 0. The smallest absolute Gasteiger partial charge is 0.246 e. The molecule has 1 aliphatic heterocycles. The van der Waals surface area contributed by atoms with Gasteiger partial charge in [0.1, 0.15) is 5.83 Å². The summed E-state index contributed by atoms with van der Waals surface area (Å²) in [5, 5.41) is 0. The number of nitrogens with zero attached hydrogens (tertiary/aromatic N) is 1. The van der Waals surface area contributed by atoms with Crippen LogP contribution >= 0.6 is 0 Å². The molecule has 1 fully saturated rings. The van der Waals surface area contributed by atoms with E-state index in [0.717, 1.165) is 73.0 Å². The molecule has 0 unspecified atom stereocenters. The second kappa shape index (κ2) is 8.23. The topological polar surface area (TPSA) is 79.2 Å². The van der Waals surface area contributed by atoms with Gasteiger partial charge in [-0.05, 0) is 73.3 Å². The molecule has 0 saturated carbocycles. The van der Waals surface area contributed by atoms with Crippen molar-refractivity contribution in [3.8, 4) is 0 Å². The lowest BCUT2D eigenvalue weighted by Gasteiger charge is -2.35. The van der Waals surface area contributed by atoms with E-state index in [1.54, 1.807) is 4.90 Å². The molecule has 1 aromatic rings. The van der Waals surface area contributed by atoms with Crippen molar-refractivity contribution in [1.82, 2.24) is 9.88 Å². The summed E-state index contributed by atoms with van der Waals surface area (Å²) in [5.41, 5.74) is 13.8. The van der Waals surface area contributed by atoms with Crippen LogP contribution in [0.15, 0.2) is 41.3 Å². The molecule has 5 rings (SSSR count). The number of carbonyl (C=O) groups is 2. The minimum Gasteiger partial charge on any atom is -0.369 e. The molecule has 1 aromatic heterocycles. The summed E-state index contributed by atoms with van der Waals surface area (Å²) in [4.78, 5) is 29.7. The largest absolute Gasteiger partial charge is 0.369 e. The van der Waals surface area contributed by atoms with Gasteiger partial charge in [0.05, 0.1) is 5.92 Å². The first-order valence-corrected chi connectivity index (χ1v) is 11.7. The number of amides is 2. The van der Waals surface area contributed by atoms with Crippen LogP contribution in [0.4, 0.5) is 4.39 Å². The van der Waals surface area contributed by atoms with Crippen molar-refractivity contribution in [1.29, 1.82) is 0 Å². The Hall–Kier alpha value is -2.89. The molecule has 4 aliphatic rings. The summed E-state index contributed by atoms with van der Waals surface area (Å²) in [6.45, 7) is 4.76. The Balaban J connectivity index is 1.64. The van der Waals surface area contributed by atoms with Gasteiger partial charge in [0.25, 0.3) is 0 Å². The highest BCUT2D eigenvalue weighted by atomic mass is 19.1. The SMILES string of the molecule is C=CC(=O)N1CCC2=C(C3=C(F)C[C@H](C(N)=O)c4[nH]c5c(c43)CCCCC5)CCC=C2C1. The summed E-state index contributed by atoms with van der Waals surface area (Å²) in [5.74, 6) is -1.41. The van der Waals surface area contributed by atoms with Crippen molar-refractivity contribution >= 4 is 17.4 Å². The van der Waals surface area contributed by atoms with Gasteiger partial charge in [-0.25, -0.2) is 4.39 Å². The predicted octanol–water partition coefficient (Wildman–Crippen LogP) is 4.37. The maximum Gasteiger partial charge on any atom is 0.246 e. The van der Waals surface area contributed by atoms with E-state index >= 15 is 4.39 Å². The molecule has 32 heavy (non-hydrogen) atoms. The number of aromatic nitrogens is 1. The van der Waals surface area contributed by atoms with E-state index < -0.39 is 11.8 Å². The van der Waals surface area contributed by atoms with Crippen molar-refractivity contribution in [2.75, 3.05) is 13.1 Å². The van der Waals surface area contributed by atoms with Crippen LogP contribution in [0, 0.1) is 0 Å². The van der Waals surface area contributed by atoms with E-state index in [9.17, 15) is 9.59 Å². The molecule has 0 aromatic carbocycles. The lowest BCUT2D eigenvalue weighted by molar-refractivity contribution is -0.125. The molecule has 1 saturated heterocycles. The Morgan fingerprint density at radius 3 is 2.75 bits per heavy atom. The Labute approximate surface area is 187 Å². The molecule has 0 spiro atoms. The first kappa shape index (κ1) is 21.0. The summed E-state index contributed by atoms with van der Waals surface area (Å²) in [6.07, 6.45) is 11.0. The highest BCUT2D eigenvalue weighted by molar-refractivity contribution is 5.93. The van der Waals surface area contributed by atoms with Gasteiger partial charge in [-0.3, -0.25) is 9.59 Å². The Kier molecular flexibility index (Phi) is 5.39. The Morgan fingerprint density at radius 2 is 1.97 bits per heavy atom. The average molecular weight is 436 g/mol. The number of halogens is 1. The summed E-state index contributed by atoms with van der Waals surface area (Å²) >= 11 is 0. The summed E-state index contributed by atoms with van der Waals surface area (Å²) < 4.78 is 15.8. The number of nitrogens with one attached hydrogen (secondary N) is 1. The van der Waals surface area contributed by atoms with E-state index in [-0.39, 0.29) is 18.2 Å². The third-order valence-electron chi connectivity index (χ3n) is 7.49. The summed E-state index contributed by atoms with van der Waals surface area (Å²) in [6, 6.07) is 0. The number of allylic oxidation sites excluding steroid dienone is 4. The fourth-order valence-corrected chi connectivity index (χ4v) is 5.96. The van der Waals surface area contributed by atoms with Crippen LogP contribution in [0.5, 0.6) is 0 Å². The predicted molar refractivity (Wildman–Crippen MR) is 122 cm³/mol. The fraction of sp³-hybridized carbons (Fsp3) is 0.462. The number of aryl methyl sites for hydroxylation is 1. The number of hydrogen-bond acceptors (Lipinski definition) is 2. The highest BCUT2D eigenvalue weighted by Gasteiger charge is 2.38. The first-order chi connectivity index (χ1) is 15.5. The number of hydrogen-bond donors (Lipinski definition) is 2. The number of carbonyl (C=O) groups excluding carboxylic acids is 2. The number of fused-ring (bicyclic) bond motifs is 4. The zero-order valence-corrected chi connectivity index (χ0v) is 18.4. The van der Waals surface area contributed by atoms with Gasteiger partial charge in [-0.2, -0.15) is 0 Å². The second-order valence-electron chi connectivity index (χ2n) is 9.31. The van der Waals surface area contributed by atoms with E-state index in [1.807, 2.05) is 0 Å². The highest BCUT2D eigenvalue weighted by Crippen LogP contribution is 2.49. The normalized spacial score (nSPS) is 23.1. The van der Waals surface area contributed by atoms with Crippen LogP contribution in [0.3, 0.4) is 0 Å². The average Bonchev–Trinajstić information content (AvgIpc) is 2.98. The molecule has 1 atom stereocenters. The molecular formula is C26H30FN3O2. The zero-order chi connectivity index (χ0) is 22.4. The molecule has 3 N–H and O–H groups in total. The van der Waals surface area contributed by atoms with Crippen molar-refractivity contribution in [3.63, 3.8) is 0 Å². The number of nitrogens with two attached hydrogens (primary N) is 1. The van der Waals surface area contributed by atoms with Crippen molar-refractivity contribution in [3.05, 3.63) is 63.8 Å². The lowest BCUT2D eigenvalue weighted by atomic mass is 9.75. The molecule has 3 aliphatic carbocycles. The number of rotatable bonds is 3. The van der Waals surface area contributed by atoms with Crippen LogP contribution in [0.2, 0.25) is 0 Å². The Bertz CT molecular complexity index is 1100. The quantitative estimate of drug-likeness (QED) is 0.546. The van der Waals surface area contributed by atoms with Gasteiger partial charge in [0, 0.05) is 42.0 Å². The maximum absolute atomic E-state index is 15.8. The lowest BCUT2D eigenvalue weighted by Crippen LogP contribution is -2.37. The molecular weight excluding hydrogens is 405 g/mol. The second-order valence-corrected chi connectivity index (χ2v) is 9.31. The van der Waals surface area contributed by atoms with Gasteiger partial charge in [-0.15, -0.1) is 0 Å². The van der Waals surface area contributed by atoms with Crippen molar-refractivity contribution in [2.24, 2.45) is 5.73 Å². The maximum atomic E-state index is 15.8. The molecule has 0 bridgehead atoms. The van der Waals surface area contributed by atoms with Gasteiger partial charge < -0.3 is 15.6 Å². The van der Waals surface area contributed by atoms with Gasteiger partial charge in [0.15, 0.2) is 0 Å². The van der Waals surface area contributed by atoms with Crippen molar-refractivity contribution in [2.45, 2.75) is 63.7 Å². The number of H-pyrrole nitrogens is 1. The minimum absolute atomic E-state index is 0.0218. The van der Waals surface area contributed by atoms with Crippen LogP contribution in [-0.2, 0) is 22.4 Å². The van der Waals surface area contributed by atoms with E-state index in [0.29, 0.717) is 25.1 Å². The fourth-order valence-electron chi connectivity index (χ4n) is 5.96. The molecule has 2 heterocycles. The third kappa shape index (κ3) is 3.37. The first-order valence-electron chi connectivity index (χ1n) is 11.7. The van der Waals surface area contributed by atoms with E-state index in [1.165, 1.54) is 17.2 Å². The molecule has 0 radical (unpaired) electrons. The number of primary amides is 1. The van der Waals surface area contributed by atoms with Crippen LogP contribution in [0.1, 0.15) is 73.4 Å². The van der Waals surface area contributed by atoms with Gasteiger partial charge >= 0.3 is 0 Å². The number of likely N-dealkylation sites (tertiary alicyclic amines) is 1. The van der Waals surface area contributed by atoms with E-state index in [2.05, 4.69) is 17.6 Å². The van der Waals surface area contributed by atoms with Gasteiger partial charge in [0.2, 0.25) is 11.8 Å².